The first-order chi connectivity index (χ1) is 8.99. The molecule has 2 aromatic carbocycles. The first-order valence-corrected chi connectivity index (χ1v) is 6.92. The van der Waals surface area contributed by atoms with Crippen LogP contribution in [0.3, 0.4) is 0 Å². The van der Waals surface area contributed by atoms with Gasteiger partial charge in [0.2, 0.25) is 0 Å². The summed E-state index contributed by atoms with van der Waals surface area (Å²) in [6, 6.07) is 11.7. The molecule has 0 atom stereocenters. The van der Waals surface area contributed by atoms with Crippen molar-refractivity contribution in [3.8, 4) is 0 Å². The number of halogens is 1. The molecular weight excluding hydrogens is 302 g/mol. The van der Waals surface area contributed by atoms with E-state index in [4.69, 9.17) is 0 Å². The number of nitrogens with one attached hydrogen (secondary N) is 1. The summed E-state index contributed by atoms with van der Waals surface area (Å²) < 4.78 is 0.945. The lowest BCUT2D eigenvalue weighted by Gasteiger charge is -2.11. The molecule has 0 spiro atoms. The quantitative estimate of drug-likeness (QED) is 0.859. The van der Waals surface area contributed by atoms with Crippen LogP contribution in [0.2, 0.25) is 0 Å². The first kappa shape index (κ1) is 13.8. The predicted molar refractivity (Wildman–Crippen MR) is 82.7 cm³/mol. The molecule has 2 rings (SSSR count). The zero-order valence-corrected chi connectivity index (χ0v) is 12.8. The Bertz CT molecular complexity index is 635. The van der Waals surface area contributed by atoms with E-state index >= 15 is 0 Å². The molecule has 98 valence electrons. The van der Waals surface area contributed by atoms with E-state index in [-0.39, 0.29) is 5.91 Å². The number of carbonyl (C=O) groups is 1. The average molecular weight is 318 g/mol. The Morgan fingerprint density at radius 2 is 1.84 bits per heavy atom. The number of benzene rings is 2. The average Bonchev–Trinajstić information content (AvgIpc) is 2.37. The third-order valence-electron chi connectivity index (χ3n) is 3.15. The molecule has 0 aliphatic heterocycles. The summed E-state index contributed by atoms with van der Waals surface area (Å²) in [5, 5.41) is 2.98. The maximum absolute atomic E-state index is 12.3. The minimum atomic E-state index is -0.0764. The van der Waals surface area contributed by atoms with Gasteiger partial charge >= 0.3 is 0 Å². The zero-order valence-electron chi connectivity index (χ0n) is 11.3. The lowest BCUT2D eigenvalue weighted by Crippen LogP contribution is -2.14. The second-order valence-electron chi connectivity index (χ2n) is 4.68. The smallest absolute Gasteiger partial charge is 0.255 e. The van der Waals surface area contributed by atoms with Crippen LogP contribution < -0.4 is 5.32 Å². The molecule has 0 aromatic heterocycles. The number of amides is 1. The number of aryl methyl sites for hydroxylation is 2. The van der Waals surface area contributed by atoms with Crippen LogP contribution in [0.15, 0.2) is 40.9 Å². The molecule has 3 heteroatoms. The van der Waals surface area contributed by atoms with Crippen LogP contribution in [-0.4, -0.2) is 5.91 Å². The monoisotopic (exact) mass is 317 g/mol. The first-order valence-electron chi connectivity index (χ1n) is 6.13. The highest BCUT2D eigenvalue weighted by Crippen LogP contribution is 2.22. The fraction of sp³-hybridized carbons (Fsp3) is 0.188. The van der Waals surface area contributed by atoms with Gasteiger partial charge in [0.25, 0.3) is 5.91 Å². The highest BCUT2D eigenvalue weighted by Gasteiger charge is 2.11. The van der Waals surface area contributed by atoms with Gasteiger partial charge in [-0.3, -0.25) is 4.79 Å². The van der Waals surface area contributed by atoms with E-state index in [2.05, 4.69) is 21.2 Å². The third-order valence-corrected chi connectivity index (χ3v) is 4.01. The van der Waals surface area contributed by atoms with E-state index < -0.39 is 0 Å². The second-order valence-corrected chi connectivity index (χ2v) is 5.54. The highest BCUT2D eigenvalue weighted by atomic mass is 79.9. The maximum Gasteiger partial charge on any atom is 0.255 e. The summed E-state index contributed by atoms with van der Waals surface area (Å²) >= 11 is 3.45. The standard InChI is InChI=1S/C16H16BrNO/c1-10-7-8-11(2)15(9-10)18-16(19)13-5-4-6-14(17)12(13)3/h4-9H,1-3H3,(H,18,19). The van der Waals surface area contributed by atoms with Gasteiger partial charge in [0.1, 0.15) is 0 Å². The van der Waals surface area contributed by atoms with Gasteiger partial charge in [-0.25, -0.2) is 0 Å². The van der Waals surface area contributed by atoms with Gasteiger partial charge in [-0.2, -0.15) is 0 Å². The molecule has 0 heterocycles. The Morgan fingerprint density at radius 3 is 2.58 bits per heavy atom. The molecule has 0 saturated carbocycles. The Morgan fingerprint density at radius 1 is 1.11 bits per heavy atom. The molecule has 1 amide bonds. The van der Waals surface area contributed by atoms with Crippen molar-refractivity contribution in [2.24, 2.45) is 0 Å². The molecule has 0 fully saturated rings. The topological polar surface area (TPSA) is 29.1 Å². The fourth-order valence-corrected chi connectivity index (χ4v) is 2.28. The van der Waals surface area contributed by atoms with Crippen molar-refractivity contribution in [3.05, 3.63) is 63.1 Å². The number of carbonyl (C=O) groups excluding carboxylic acids is 1. The fourth-order valence-electron chi connectivity index (χ4n) is 1.91. The molecular formula is C16H16BrNO. The largest absolute Gasteiger partial charge is 0.322 e. The summed E-state index contributed by atoms with van der Waals surface area (Å²) in [5.41, 5.74) is 4.70. The summed E-state index contributed by atoms with van der Waals surface area (Å²) in [6.45, 7) is 5.93. The van der Waals surface area contributed by atoms with E-state index in [1.807, 2.05) is 57.2 Å². The number of hydrogen-bond acceptors (Lipinski definition) is 1. The lowest BCUT2D eigenvalue weighted by molar-refractivity contribution is 0.102. The van der Waals surface area contributed by atoms with Crippen molar-refractivity contribution in [2.75, 3.05) is 5.32 Å². The maximum atomic E-state index is 12.3. The lowest BCUT2D eigenvalue weighted by atomic mass is 10.1. The van der Waals surface area contributed by atoms with Crippen molar-refractivity contribution in [1.29, 1.82) is 0 Å². The molecule has 0 saturated heterocycles. The van der Waals surface area contributed by atoms with Crippen LogP contribution in [0.25, 0.3) is 0 Å². The number of hydrogen-bond donors (Lipinski definition) is 1. The Labute approximate surface area is 122 Å². The van der Waals surface area contributed by atoms with Gasteiger partial charge in [-0.15, -0.1) is 0 Å². The summed E-state index contributed by atoms with van der Waals surface area (Å²) in [6.07, 6.45) is 0. The molecule has 19 heavy (non-hydrogen) atoms. The van der Waals surface area contributed by atoms with E-state index in [0.29, 0.717) is 5.56 Å². The van der Waals surface area contributed by atoms with Gasteiger partial charge in [0.05, 0.1) is 0 Å². The van der Waals surface area contributed by atoms with Crippen molar-refractivity contribution in [1.82, 2.24) is 0 Å². The minimum Gasteiger partial charge on any atom is -0.322 e. The predicted octanol–water partition coefficient (Wildman–Crippen LogP) is 4.63. The van der Waals surface area contributed by atoms with Crippen molar-refractivity contribution in [2.45, 2.75) is 20.8 Å². The van der Waals surface area contributed by atoms with Crippen LogP contribution in [0, 0.1) is 20.8 Å². The summed E-state index contributed by atoms with van der Waals surface area (Å²) in [7, 11) is 0. The van der Waals surface area contributed by atoms with E-state index in [9.17, 15) is 4.79 Å². The molecule has 0 aliphatic carbocycles. The normalized spacial score (nSPS) is 10.3. The van der Waals surface area contributed by atoms with Gasteiger partial charge in [-0.05, 0) is 55.7 Å². The third kappa shape index (κ3) is 3.04. The van der Waals surface area contributed by atoms with Crippen molar-refractivity contribution < 1.29 is 4.79 Å². The van der Waals surface area contributed by atoms with E-state index in [0.717, 1.165) is 26.9 Å². The molecule has 0 unspecified atom stereocenters. The van der Waals surface area contributed by atoms with Crippen LogP contribution in [-0.2, 0) is 0 Å². The summed E-state index contributed by atoms with van der Waals surface area (Å²) in [4.78, 5) is 12.3. The second kappa shape index (κ2) is 5.57. The Kier molecular flexibility index (Phi) is 4.05. The van der Waals surface area contributed by atoms with Crippen molar-refractivity contribution in [3.63, 3.8) is 0 Å². The molecule has 2 nitrogen and oxygen atoms in total. The summed E-state index contributed by atoms with van der Waals surface area (Å²) in [5.74, 6) is -0.0764. The molecule has 0 aliphatic rings. The zero-order chi connectivity index (χ0) is 14.0. The highest BCUT2D eigenvalue weighted by molar-refractivity contribution is 9.10. The van der Waals surface area contributed by atoms with Gasteiger partial charge < -0.3 is 5.32 Å². The van der Waals surface area contributed by atoms with Crippen LogP contribution >= 0.6 is 15.9 Å². The molecule has 0 radical (unpaired) electrons. The number of anilines is 1. The van der Waals surface area contributed by atoms with Crippen LogP contribution in [0.1, 0.15) is 27.0 Å². The van der Waals surface area contributed by atoms with Crippen LogP contribution in [0.5, 0.6) is 0 Å². The van der Waals surface area contributed by atoms with Crippen molar-refractivity contribution >= 4 is 27.5 Å². The molecule has 0 bridgehead atoms. The number of rotatable bonds is 2. The minimum absolute atomic E-state index is 0.0764. The van der Waals surface area contributed by atoms with E-state index in [1.54, 1.807) is 0 Å². The van der Waals surface area contributed by atoms with Gasteiger partial charge in [0.15, 0.2) is 0 Å². The van der Waals surface area contributed by atoms with Crippen LogP contribution in [0.4, 0.5) is 5.69 Å². The SMILES string of the molecule is Cc1ccc(C)c(NC(=O)c2cccc(Br)c2C)c1. The van der Waals surface area contributed by atoms with Gasteiger partial charge in [0, 0.05) is 15.7 Å². The van der Waals surface area contributed by atoms with E-state index in [1.165, 1.54) is 0 Å². The molecule has 1 N–H and O–H groups in total. The van der Waals surface area contributed by atoms with Gasteiger partial charge in [-0.1, -0.05) is 34.1 Å². The molecule has 2 aromatic rings. The Hall–Kier alpha value is -1.61. The Balaban J connectivity index is 2.31.